The van der Waals surface area contributed by atoms with Gasteiger partial charge in [0.05, 0.1) is 11.0 Å². The van der Waals surface area contributed by atoms with Gasteiger partial charge in [-0.05, 0) is 37.0 Å². The molecular weight excluding hydrogens is 338 g/mol. The molecule has 0 aliphatic rings. The van der Waals surface area contributed by atoms with E-state index in [1.807, 2.05) is 49.4 Å². The summed E-state index contributed by atoms with van der Waals surface area (Å²) in [6.07, 6.45) is 1.20. The molecule has 3 aromatic rings. The molecule has 0 bridgehead atoms. The van der Waals surface area contributed by atoms with Crippen LogP contribution in [0.2, 0.25) is 0 Å². The quantitative estimate of drug-likeness (QED) is 0.664. The standard InChI is InChI=1S/C22H27N3O2/c1-3-24-19-11-7-8-12-20(19)25(22(24)27)16-14-21(26)23-15-13-17(2)18-9-5-4-6-10-18/h4-12,17H,3,13-16H2,1-2H3,(H,23,26). The van der Waals surface area contributed by atoms with Gasteiger partial charge in [-0.1, -0.05) is 49.4 Å². The lowest BCUT2D eigenvalue weighted by Crippen LogP contribution is -2.29. The number of aromatic nitrogens is 2. The first kappa shape index (κ1) is 19.0. The summed E-state index contributed by atoms with van der Waals surface area (Å²) in [6, 6.07) is 18.0. The van der Waals surface area contributed by atoms with Crippen molar-refractivity contribution in [2.75, 3.05) is 6.54 Å². The number of benzene rings is 2. The Bertz CT molecular complexity index is 957. The van der Waals surface area contributed by atoms with Crippen LogP contribution >= 0.6 is 0 Å². The number of nitrogens with zero attached hydrogens (tertiary/aromatic N) is 2. The first-order valence-electron chi connectivity index (χ1n) is 9.61. The summed E-state index contributed by atoms with van der Waals surface area (Å²) in [5.74, 6) is 0.382. The zero-order chi connectivity index (χ0) is 19.2. The fraction of sp³-hybridized carbons (Fsp3) is 0.364. The second-order valence-electron chi connectivity index (χ2n) is 6.87. The van der Waals surface area contributed by atoms with Crippen LogP contribution in [-0.4, -0.2) is 21.6 Å². The molecule has 0 saturated carbocycles. The van der Waals surface area contributed by atoms with E-state index in [-0.39, 0.29) is 11.6 Å². The minimum atomic E-state index is -0.0517. The number of hydrogen-bond donors (Lipinski definition) is 1. The average Bonchev–Trinajstić information content (AvgIpc) is 2.97. The monoisotopic (exact) mass is 365 g/mol. The third-order valence-corrected chi connectivity index (χ3v) is 5.07. The SMILES string of the molecule is CCn1c(=O)n(CCC(=O)NCCC(C)c2ccccc2)c2ccccc21. The molecule has 3 rings (SSSR count). The number of nitrogens with one attached hydrogen (secondary N) is 1. The predicted molar refractivity (Wildman–Crippen MR) is 109 cm³/mol. The van der Waals surface area contributed by atoms with Gasteiger partial charge in [-0.2, -0.15) is 0 Å². The van der Waals surface area contributed by atoms with Crippen LogP contribution in [0.3, 0.4) is 0 Å². The van der Waals surface area contributed by atoms with E-state index in [1.165, 1.54) is 5.56 Å². The summed E-state index contributed by atoms with van der Waals surface area (Å²) in [5.41, 5.74) is 3.03. The Morgan fingerprint density at radius 3 is 2.30 bits per heavy atom. The molecule has 27 heavy (non-hydrogen) atoms. The van der Waals surface area contributed by atoms with Crippen LogP contribution in [0.5, 0.6) is 0 Å². The lowest BCUT2D eigenvalue weighted by molar-refractivity contribution is -0.121. The largest absolute Gasteiger partial charge is 0.356 e. The summed E-state index contributed by atoms with van der Waals surface area (Å²) in [6.45, 7) is 5.78. The number of fused-ring (bicyclic) bond motifs is 1. The normalized spacial score (nSPS) is 12.2. The molecule has 2 aromatic carbocycles. The van der Waals surface area contributed by atoms with Crippen molar-refractivity contribution in [1.29, 1.82) is 0 Å². The van der Waals surface area contributed by atoms with Gasteiger partial charge < -0.3 is 5.32 Å². The second kappa shape index (κ2) is 8.71. The van der Waals surface area contributed by atoms with Gasteiger partial charge in [0.15, 0.2) is 0 Å². The van der Waals surface area contributed by atoms with E-state index < -0.39 is 0 Å². The molecule has 1 atom stereocenters. The number of aryl methyl sites for hydroxylation is 2. The maximum absolute atomic E-state index is 12.6. The van der Waals surface area contributed by atoms with Gasteiger partial charge in [0, 0.05) is 26.1 Å². The van der Waals surface area contributed by atoms with E-state index in [2.05, 4.69) is 24.4 Å². The Balaban J connectivity index is 1.55. The zero-order valence-electron chi connectivity index (χ0n) is 16.0. The van der Waals surface area contributed by atoms with Crippen molar-refractivity contribution < 1.29 is 4.79 Å². The number of amides is 1. The van der Waals surface area contributed by atoms with Crippen molar-refractivity contribution in [3.8, 4) is 0 Å². The molecule has 5 heteroatoms. The highest BCUT2D eigenvalue weighted by Gasteiger charge is 2.13. The van der Waals surface area contributed by atoms with E-state index in [0.29, 0.717) is 32.0 Å². The zero-order valence-corrected chi connectivity index (χ0v) is 16.0. The molecule has 1 amide bonds. The first-order valence-corrected chi connectivity index (χ1v) is 9.61. The van der Waals surface area contributed by atoms with Crippen molar-refractivity contribution in [3.63, 3.8) is 0 Å². The van der Waals surface area contributed by atoms with Crippen molar-refractivity contribution in [3.05, 3.63) is 70.6 Å². The van der Waals surface area contributed by atoms with E-state index in [4.69, 9.17) is 0 Å². The molecule has 0 aliphatic heterocycles. The molecule has 5 nitrogen and oxygen atoms in total. The van der Waals surface area contributed by atoms with Gasteiger partial charge in [0.25, 0.3) is 0 Å². The van der Waals surface area contributed by atoms with E-state index in [1.54, 1.807) is 9.13 Å². The first-order chi connectivity index (χ1) is 13.1. The highest BCUT2D eigenvalue weighted by molar-refractivity contribution is 5.78. The average molecular weight is 365 g/mol. The van der Waals surface area contributed by atoms with Gasteiger partial charge in [-0.25, -0.2) is 4.79 Å². The molecule has 1 aromatic heterocycles. The van der Waals surface area contributed by atoms with Crippen molar-refractivity contribution in [1.82, 2.24) is 14.5 Å². The lowest BCUT2D eigenvalue weighted by Gasteiger charge is -2.12. The van der Waals surface area contributed by atoms with E-state index in [0.717, 1.165) is 17.5 Å². The third kappa shape index (κ3) is 4.30. The number of imidazole rings is 1. The molecule has 1 N–H and O–H groups in total. The van der Waals surface area contributed by atoms with Crippen molar-refractivity contribution in [2.45, 2.75) is 45.7 Å². The van der Waals surface area contributed by atoms with Crippen LogP contribution in [-0.2, 0) is 17.9 Å². The molecular formula is C22H27N3O2. The van der Waals surface area contributed by atoms with E-state index >= 15 is 0 Å². The van der Waals surface area contributed by atoms with Gasteiger partial charge >= 0.3 is 5.69 Å². The minimum Gasteiger partial charge on any atom is -0.356 e. The Kier molecular flexibility index (Phi) is 6.12. The maximum atomic E-state index is 12.6. The minimum absolute atomic E-state index is 0.0181. The molecule has 0 fully saturated rings. The molecule has 1 heterocycles. The number of carbonyl (C=O) groups excluding carboxylic acids is 1. The molecule has 1 unspecified atom stereocenters. The lowest BCUT2D eigenvalue weighted by atomic mass is 9.98. The summed E-state index contributed by atoms with van der Waals surface area (Å²) in [5, 5.41) is 2.98. The highest BCUT2D eigenvalue weighted by atomic mass is 16.2. The number of rotatable bonds is 8. The highest BCUT2D eigenvalue weighted by Crippen LogP contribution is 2.17. The van der Waals surface area contributed by atoms with Crippen LogP contribution in [0.4, 0.5) is 0 Å². The maximum Gasteiger partial charge on any atom is 0.329 e. The topological polar surface area (TPSA) is 56.0 Å². The fourth-order valence-corrected chi connectivity index (χ4v) is 3.47. The van der Waals surface area contributed by atoms with Gasteiger partial charge in [0.2, 0.25) is 5.91 Å². The smallest absolute Gasteiger partial charge is 0.329 e. The van der Waals surface area contributed by atoms with Gasteiger partial charge in [0.1, 0.15) is 0 Å². The van der Waals surface area contributed by atoms with Crippen LogP contribution < -0.4 is 11.0 Å². The summed E-state index contributed by atoms with van der Waals surface area (Å²) in [7, 11) is 0. The van der Waals surface area contributed by atoms with E-state index in [9.17, 15) is 9.59 Å². The van der Waals surface area contributed by atoms with Gasteiger partial charge in [-0.15, -0.1) is 0 Å². The summed E-state index contributed by atoms with van der Waals surface area (Å²) >= 11 is 0. The van der Waals surface area contributed by atoms with Crippen LogP contribution in [0.15, 0.2) is 59.4 Å². The third-order valence-electron chi connectivity index (χ3n) is 5.07. The molecule has 0 spiro atoms. The number of para-hydroxylation sites is 2. The predicted octanol–water partition coefficient (Wildman–Crippen LogP) is 3.52. The van der Waals surface area contributed by atoms with Crippen LogP contribution in [0.25, 0.3) is 11.0 Å². The summed E-state index contributed by atoms with van der Waals surface area (Å²) in [4.78, 5) is 24.8. The Labute approximate surface area is 159 Å². The second-order valence-corrected chi connectivity index (χ2v) is 6.87. The molecule has 0 aliphatic carbocycles. The van der Waals surface area contributed by atoms with Crippen LogP contribution in [0, 0.1) is 0 Å². The molecule has 0 saturated heterocycles. The Morgan fingerprint density at radius 2 is 1.63 bits per heavy atom. The fourth-order valence-electron chi connectivity index (χ4n) is 3.47. The van der Waals surface area contributed by atoms with Gasteiger partial charge in [-0.3, -0.25) is 13.9 Å². The molecule has 0 radical (unpaired) electrons. The van der Waals surface area contributed by atoms with Crippen molar-refractivity contribution in [2.24, 2.45) is 0 Å². The van der Waals surface area contributed by atoms with Crippen molar-refractivity contribution >= 4 is 16.9 Å². The Morgan fingerprint density at radius 1 is 1.00 bits per heavy atom. The summed E-state index contributed by atoms with van der Waals surface area (Å²) < 4.78 is 3.44. The molecule has 142 valence electrons. The number of carbonyl (C=O) groups is 1. The van der Waals surface area contributed by atoms with Crippen LogP contribution in [0.1, 0.15) is 38.2 Å². The Hall–Kier alpha value is -2.82. The number of hydrogen-bond acceptors (Lipinski definition) is 2.